The lowest BCUT2D eigenvalue weighted by atomic mass is 9.93. The van der Waals surface area contributed by atoms with Crippen molar-refractivity contribution in [3.63, 3.8) is 0 Å². The van der Waals surface area contributed by atoms with Crippen LogP contribution in [0.1, 0.15) is 42.6 Å². The number of primary amides is 1. The van der Waals surface area contributed by atoms with Crippen LogP contribution in [0.2, 0.25) is 0 Å². The molecular formula is C29H30N2O6. The lowest BCUT2D eigenvalue weighted by Gasteiger charge is -2.31. The van der Waals surface area contributed by atoms with Gasteiger partial charge in [-0.25, -0.2) is 9.59 Å². The van der Waals surface area contributed by atoms with Gasteiger partial charge in [0.2, 0.25) is 12.7 Å². The second-order valence-electron chi connectivity index (χ2n) is 9.60. The molecule has 0 aliphatic carbocycles. The molecule has 3 N–H and O–H groups in total. The first-order chi connectivity index (χ1) is 17.7. The van der Waals surface area contributed by atoms with Crippen LogP contribution >= 0.6 is 0 Å². The predicted octanol–water partition coefficient (Wildman–Crippen LogP) is 4.01. The molecule has 8 heteroatoms. The fourth-order valence-electron chi connectivity index (χ4n) is 4.26. The zero-order valence-corrected chi connectivity index (χ0v) is 20.9. The standard InChI is InChI=1S/C29H30N2O6/c1-29(2,17-19-6-4-3-5-7-19)31-23(13-15-26(30)32)28(34)37-27(33)21-10-8-20(9-11-21)22-12-14-24-25(16-22)36-18-35-24/h3-12,14,16,23,31H,13,15,17-18H2,1-2H3,(H2,30,32)/t23-/m0/s1. The number of carbonyl (C=O) groups excluding carboxylic acids is 3. The van der Waals surface area contributed by atoms with Crippen LogP contribution in [0.25, 0.3) is 11.1 Å². The van der Waals surface area contributed by atoms with E-state index in [0.29, 0.717) is 17.9 Å². The maximum absolute atomic E-state index is 13.0. The van der Waals surface area contributed by atoms with E-state index in [-0.39, 0.29) is 25.2 Å². The van der Waals surface area contributed by atoms with E-state index >= 15 is 0 Å². The third-order valence-electron chi connectivity index (χ3n) is 6.04. The number of esters is 2. The smallest absolute Gasteiger partial charge is 0.345 e. The molecule has 192 valence electrons. The Bertz CT molecular complexity index is 1270. The van der Waals surface area contributed by atoms with Crippen molar-refractivity contribution in [3.05, 3.63) is 83.9 Å². The van der Waals surface area contributed by atoms with E-state index in [9.17, 15) is 14.4 Å². The van der Waals surface area contributed by atoms with E-state index in [2.05, 4.69) is 5.32 Å². The minimum absolute atomic E-state index is 0.0212. The van der Waals surface area contributed by atoms with Gasteiger partial charge in [0.15, 0.2) is 11.5 Å². The third-order valence-corrected chi connectivity index (χ3v) is 6.04. The molecule has 3 aromatic carbocycles. The quantitative estimate of drug-likeness (QED) is 0.318. The molecule has 0 saturated heterocycles. The van der Waals surface area contributed by atoms with E-state index in [0.717, 1.165) is 16.7 Å². The second-order valence-corrected chi connectivity index (χ2v) is 9.60. The van der Waals surface area contributed by atoms with Gasteiger partial charge >= 0.3 is 11.9 Å². The summed E-state index contributed by atoms with van der Waals surface area (Å²) in [6.07, 6.45) is 0.721. The Balaban J connectivity index is 1.42. The van der Waals surface area contributed by atoms with Gasteiger partial charge in [-0.15, -0.1) is 0 Å². The predicted molar refractivity (Wildman–Crippen MR) is 138 cm³/mol. The Morgan fingerprint density at radius 3 is 2.32 bits per heavy atom. The summed E-state index contributed by atoms with van der Waals surface area (Å²) in [6, 6.07) is 21.3. The number of ether oxygens (including phenoxy) is 3. The SMILES string of the molecule is CC(C)(Cc1ccccc1)N[C@@H](CCC(N)=O)C(=O)OC(=O)c1ccc(-c2ccc3c(c2)OCO3)cc1. The van der Waals surface area contributed by atoms with Crippen molar-refractivity contribution in [1.29, 1.82) is 0 Å². The van der Waals surface area contributed by atoms with Gasteiger partial charge in [-0.1, -0.05) is 48.5 Å². The number of fused-ring (bicyclic) bond motifs is 1. The Morgan fingerprint density at radius 2 is 1.62 bits per heavy atom. The summed E-state index contributed by atoms with van der Waals surface area (Å²) < 4.78 is 16.0. The van der Waals surface area contributed by atoms with Gasteiger partial charge in [0.1, 0.15) is 6.04 Å². The summed E-state index contributed by atoms with van der Waals surface area (Å²) in [5.74, 6) is -0.711. The van der Waals surface area contributed by atoms with Gasteiger partial charge in [0, 0.05) is 12.0 Å². The van der Waals surface area contributed by atoms with Gasteiger partial charge in [0.25, 0.3) is 0 Å². The Morgan fingerprint density at radius 1 is 0.946 bits per heavy atom. The highest BCUT2D eigenvalue weighted by molar-refractivity contribution is 5.98. The lowest BCUT2D eigenvalue weighted by molar-refractivity contribution is -0.141. The first-order valence-electron chi connectivity index (χ1n) is 12.1. The number of hydrogen-bond acceptors (Lipinski definition) is 7. The fourth-order valence-corrected chi connectivity index (χ4v) is 4.26. The van der Waals surface area contributed by atoms with Crippen LogP contribution in [0, 0.1) is 0 Å². The number of amides is 1. The Hall–Kier alpha value is -4.17. The summed E-state index contributed by atoms with van der Waals surface area (Å²) in [5.41, 5.74) is 7.88. The summed E-state index contributed by atoms with van der Waals surface area (Å²) >= 11 is 0. The molecular weight excluding hydrogens is 472 g/mol. The van der Waals surface area contributed by atoms with E-state index < -0.39 is 29.4 Å². The van der Waals surface area contributed by atoms with Crippen LogP contribution in [0.4, 0.5) is 0 Å². The summed E-state index contributed by atoms with van der Waals surface area (Å²) in [6.45, 7) is 4.08. The minimum Gasteiger partial charge on any atom is -0.454 e. The van der Waals surface area contributed by atoms with Crippen molar-refractivity contribution in [2.75, 3.05) is 6.79 Å². The molecule has 37 heavy (non-hydrogen) atoms. The molecule has 0 unspecified atom stereocenters. The topological polar surface area (TPSA) is 117 Å². The first-order valence-corrected chi connectivity index (χ1v) is 12.1. The summed E-state index contributed by atoms with van der Waals surface area (Å²) in [5, 5.41) is 3.25. The number of benzene rings is 3. The van der Waals surface area contributed by atoms with Crippen LogP contribution in [0.3, 0.4) is 0 Å². The second kappa shape index (κ2) is 11.3. The van der Waals surface area contributed by atoms with Crippen molar-refractivity contribution < 1.29 is 28.6 Å². The van der Waals surface area contributed by atoms with Crippen LogP contribution in [-0.2, 0) is 20.7 Å². The van der Waals surface area contributed by atoms with Crippen LogP contribution in [0.5, 0.6) is 11.5 Å². The Labute approximate surface area is 215 Å². The lowest BCUT2D eigenvalue weighted by Crippen LogP contribution is -2.51. The molecule has 0 bridgehead atoms. The molecule has 0 radical (unpaired) electrons. The highest BCUT2D eigenvalue weighted by atomic mass is 16.7. The van der Waals surface area contributed by atoms with Gasteiger partial charge in [-0.3, -0.25) is 10.1 Å². The molecule has 0 saturated carbocycles. The van der Waals surface area contributed by atoms with Crippen molar-refractivity contribution >= 4 is 17.8 Å². The van der Waals surface area contributed by atoms with E-state index in [1.807, 2.05) is 62.4 Å². The van der Waals surface area contributed by atoms with E-state index in [4.69, 9.17) is 19.9 Å². The average Bonchev–Trinajstić information content (AvgIpc) is 3.35. The summed E-state index contributed by atoms with van der Waals surface area (Å²) in [4.78, 5) is 37.1. The number of nitrogens with two attached hydrogens (primary N) is 1. The fraction of sp³-hybridized carbons (Fsp3) is 0.276. The molecule has 1 amide bonds. The average molecular weight is 503 g/mol. The van der Waals surface area contributed by atoms with Gasteiger partial charge in [-0.05, 0) is 67.6 Å². The van der Waals surface area contributed by atoms with E-state index in [1.54, 1.807) is 24.3 Å². The van der Waals surface area contributed by atoms with Crippen LogP contribution in [0.15, 0.2) is 72.8 Å². The number of nitrogens with one attached hydrogen (secondary N) is 1. The molecule has 1 heterocycles. The van der Waals surface area contributed by atoms with Crippen molar-refractivity contribution in [3.8, 4) is 22.6 Å². The van der Waals surface area contributed by atoms with Crippen molar-refractivity contribution in [1.82, 2.24) is 5.32 Å². The van der Waals surface area contributed by atoms with Crippen molar-refractivity contribution in [2.24, 2.45) is 5.73 Å². The molecule has 4 rings (SSSR count). The number of hydrogen-bond donors (Lipinski definition) is 2. The largest absolute Gasteiger partial charge is 0.454 e. The zero-order chi connectivity index (χ0) is 26.4. The maximum Gasteiger partial charge on any atom is 0.345 e. The molecule has 1 aliphatic heterocycles. The maximum atomic E-state index is 13.0. The van der Waals surface area contributed by atoms with Crippen LogP contribution < -0.4 is 20.5 Å². The Kier molecular flexibility index (Phi) is 7.89. The molecule has 1 atom stereocenters. The van der Waals surface area contributed by atoms with Gasteiger partial charge in [-0.2, -0.15) is 0 Å². The van der Waals surface area contributed by atoms with Crippen LogP contribution in [-0.4, -0.2) is 36.2 Å². The minimum atomic E-state index is -0.886. The van der Waals surface area contributed by atoms with Gasteiger partial charge < -0.3 is 19.9 Å². The first kappa shape index (κ1) is 25.9. The molecule has 3 aromatic rings. The molecule has 1 aliphatic rings. The zero-order valence-electron chi connectivity index (χ0n) is 20.9. The van der Waals surface area contributed by atoms with Gasteiger partial charge in [0.05, 0.1) is 5.56 Å². The third kappa shape index (κ3) is 6.95. The monoisotopic (exact) mass is 502 g/mol. The summed E-state index contributed by atoms with van der Waals surface area (Å²) in [7, 11) is 0. The van der Waals surface area contributed by atoms with Crippen molar-refractivity contribution in [2.45, 2.75) is 44.7 Å². The van der Waals surface area contributed by atoms with E-state index in [1.165, 1.54) is 0 Å². The molecule has 0 aromatic heterocycles. The number of rotatable bonds is 10. The number of carbonyl (C=O) groups is 3. The molecule has 0 fully saturated rings. The normalized spacial score (nSPS) is 13.1. The highest BCUT2D eigenvalue weighted by Gasteiger charge is 2.30. The highest BCUT2D eigenvalue weighted by Crippen LogP contribution is 2.35. The molecule has 8 nitrogen and oxygen atoms in total. The molecule has 0 spiro atoms.